The molecule has 0 saturated carbocycles. The molecule has 12 heteroatoms. The second-order valence-corrected chi connectivity index (χ2v) is 7.20. The van der Waals surface area contributed by atoms with E-state index in [-0.39, 0.29) is 11.7 Å². The van der Waals surface area contributed by atoms with Crippen LogP contribution in [0.1, 0.15) is 13.8 Å². The molecule has 0 spiro atoms. The van der Waals surface area contributed by atoms with Gasteiger partial charge in [0.25, 0.3) is 5.78 Å². The number of rotatable bonds is 8. The van der Waals surface area contributed by atoms with Crippen LogP contribution >= 0.6 is 35.0 Å². The minimum absolute atomic E-state index is 0.101. The first-order valence-corrected chi connectivity index (χ1v) is 10.2. The summed E-state index contributed by atoms with van der Waals surface area (Å²) in [5, 5.41) is 14.4. The third-order valence-corrected chi connectivity index (χ3v) is 5.07. The quantitative estimate of drug-likeness (QED) is 0.457. The zero-order chi connectivity index (χ0) is 20.1. The molecule has 3 rings (SSSR count). The molecule has 3 aromatic rings. The van der Waals surface area contributed by atoms with E-state index in [4.69, 9.17) is 23.2 Å². The minimum Gasteiger partial charge on any atom is -0.354 e. The van der Waals surface area contributed by atoms with Crippen LogP contribution < -0.4 is 16.0 Å². The molecule has 0 aliphatic rings. The van der Waals surface area contributed by atoms with E-state index in [0.29, 0.717) is 51.7 Å². The van der Waals surface area contributed by atoms with E-state index in [1.165, 1.54) is 16.3 Å². The standard InChI is InChI=1S/C16H18Cl2N8OS/c1-3-19-13-22-14(20-4-2)26-15(23-13)24-16(25-26)28-8-11(27)21-10-7-5-6-9(17)12(10)18/h5-7H,3-4,8H2,1-2H3,(H,21,27)(H2,19,20,22,23,24,25). The first kappa shape index (κ1) is 20.4. The molecule has 0 radical (unpaired) electrons. The lowest BCUT2D eigenvalue weighted by Crippen LogP contribution is -2.14. The lowest BCUT2D eigenvalue weighted by molar-refractivity contribution is -0.113. The zero-order valence-electron chi connectivity index (χ0n) is 15.2. The van der Waals surface area contributed by atoms with Gasteiger partial charge in [0.2, 0.25) is 23.0 Å². The third-order valence-electron chi connectivity index (χ3n) is 3.42. The molecule has 3 N–H and O–H groups in total. The van der Waals surface area contributed by atoms with E-state index in [1.807, 2.05) is 13.8 Å². The normalized spacial score (nSPS) is 10.9. The molecule has 0 saturated heterocycles. The van der Waals surface area contributed by atoms with Crippen LogP contribution in [0.15, 0.2) is 23.4 Å². The molecule has 2 heterocycles. The molecule has 0 atom stereocenters. The van der Waals surface area contributed by atoms with Gasteiger partial charge in [-0.2, -0.15) is 19.5 Å². The van der Waals surface area contributed by atoms with Gasteiger partial charge < -0.3 is 16.0 Å². The summed E-state index contributed by atoms with van der Waals surface area (Å²) in [6.07, 6.45) is 0. The molecule has 0 unspecified atom stereocenters. The lowest BCUT2D eigenvalue weighted by atomic mass is 10.3. The van der Waals surface area contributed by atoms with Crippen molar-refractivity contribution in [1.29, 1.82) is 0 Å². The first-order chi connectivity index (χ1) is 13.5. The molecule has 9 nitrogen and oxygen atoms in total. The highest BCUT2D eigenvalue weighted by atomic mass is 35.5. The van der Waals surface area contributed by atoms with Crippen LogP contribution in [-0.4, -0.2) is 49.3 Å². The van der Waals surface area contributed by atoms with E-state index in [9.17, 15) is 4.79 Å². The van der Waals surface area contributed by atoms with Crippen molar-refractivity contribution in [3.05, 3.63) is 28.2 Å². The van der Waals surface area contributed by atoms with Gasteiger partial charge in [0.1, 0.15) is 0 Å². The zero-order valence-corrected chi connectivity index (χ0v) is 17.5. The third kappa shape index (κ3) is 4.75. The fraction of sp³-hybridized carbons (Fsp3) is 0.312. The van der Waals surface area contributed by atoms with Gasteiger partial charge in [-0.05, 0) is 26.0 Å². The molecule has 0 bridgehead atoms. The van der Waals surface area contributed by atoms with Crippen molar-refractivity contribution in [2.75, 3.05) is 34.8 Å². The van der Waals surface area contributed by atoms with Crippen LogP contribution in [0.5, 0.6) is 0 Å². The van der Waals surface area contributed by atoms with Crippen molar-refractivity contribution >= 4 is 64.2 Å². The Hall–Kier alpha value is -2.30. The Morgan fingerprint density at radius 2 is 1.93 bits per heavy atom. The van der Waals surface area contributed by atoms with Crippen LogP contribution in [0.4, 0.5) is 17.6 Å². The second kappa shape index (κ2) is 9.26. The van der Waals surface area contributed by atoms with Gasteiger partial charge in [0, 0.05) is 13.1 Å². The number of hydrogen-bond acceptors (Lipinski definition) is 8. The van der Waals surface area contributed by atoms with Crippen molar-refractivity contribution in [2.24, 2.45) is 0 Å². The monoisotopic (exact) mass is 440 g/mol. The van der Waals surface area contributed by atoms with Crippen molar-refractivity contribution in [2.45, 2.75) is 19.0 Å². The number of nitrogens with one attached hydrogen (secondary N) is 3. The average Bonchev–Trinajstić information content (AvgIpc) is 3.08. The Labute approximate surface area is 175 Å². The second-order valence-electron chi connectivity index (χ2n) is 5.48. The fourth-order valence-corrected chi connectivity index (χ4v) is 3.22. The Balaban J connectivity index is 1.72. The summed E-state index contributed by atoms with van der Waals surface area (Å²) >= 11 is 13.2. The van der Waals surface area contributed by atoms with Crippen LogP contribution in [0.2, 0.25) is 10.0 Å². The molecular weight excluding hydrogens is 423 g/mol. The van der Waals surface area contributed by atoms with E-state index < -0.39 is 0 Å². The molecule has 28 heavy (non-hydrogen) atoms. The summed E-state index contributed by atoms with van der Waals surface area (Å²) in [6.45, 7) is 5.27. The summed E-state index contributed by atoms with van der Waals surface area (Å²) < 4.78 is 1.51. The van der Waals surface area contributed by atoms with E-state index in [2.05, 4.69) is 36.0 Å². The van der Waals surface area contributed by atoms with Crippen molar-refractivity contribution in [1.82, 2.24) is 24.6 Å². The predicted molar refractivity (Wildman–Crippen MR) is 113 cm³/mol. The maximum absolute atomic E-state index is 12.2. The summed E-state index contributed by atoms with van der Waals surface area (Å²) in [5.74, 6) is 1.23. The van der Waals surface area contributed by atoms with Crippen LogP contribution in [0.25, 0.3) is 5.78 Å². The van der Waals surface area contributed by atoms with Gasteiger partial charge in [0.05, 0.1) is 21.5 Å². The van der Waals surface area contributed by atoms with Gasteiger partial charge in [-0.15, -0.1) is 5.10 Å². The molecule has 1 aromatic carbocycles. The van der Waals surface area contributed by atoms with Gasteiger partial charge in [-0.3, -0.25) is 4.79 Å². The molecule has 0 aliphatic carbocycles. The number of halogens is 2. The Morgan fingerprint density at radius 1 is 1.14 bits per heavy atom. The highest BCUT2D eigenvalue weighted by Crippen LogP contribution is 2.29. The average molecular weight is 441 g/mol. The first-order valence-electron chi connectivity index (χ1n) is 8.51. The minimum atomic E-state index is -0.251. The van der Waals surface area contributed by atoms with E-state index in [0.717, 1.165) is 0 Å². The number of thioether (sulfide) groups is 1. The van der Waals surface area contributed by atoms with Gasteiger partial charge in [0.15, 0.2) is 0 Å². The highest BCUT2D eigenvalue weighted by molar-refractivity contribution is 7.99. The smallest absolute Gasteiger partial charge is 0.259 e. The van der Waals surface area contributed by atoms with Gasteiger partial charge in [-0.1, -0.05) is 41.0 Å². The van der Waals surface area contributed by atoms with Gasteiger partial charge in [-0.25, -0.2) is 0 Å². The SMILES string of the molecule is CCNc1nc(NCC)n2nc(SCC(=O)Nc3cccc(Cl)c3Cl)nc2n1. The highest BCUT2D eigenvalue weighted by Gasteiger charge is 2.14. The van der Waals surface area contributed by atoms with Crippen molar-refractivity contribution in [3.63, 3.8) is 0 Å². The van der Waals surface area contributed by atoms with Crippen LogP contribution in [-0.2, 0) is 4.79 Å². The van der Waals surface area contributed by atoms with Crippen molar-refractivity contribution < 1.29 is 4.79 Å². The molecule has 0 fully saturated rings. The summed E-state index contributed by atoms with van der Waals surface area (Å²) in [7, 11) is 0. The lowest BCUT2D eigenvalue weighted by Gasteiger charge is -2.07. The number of nitrogens with zero attached hydrogens (tertiary/aromatic N) is 5. The van der Waals surface area contributed by atoms with Crippen molar-refractivity contribution in [3.8, 4) is 0 Å². The number of benzene rings is 1. The number of hydrogen-bond donors (Lipinski definition) is 3. The fourth-order valence-electron chi connectivity index (χ4n) is 2.25. The number of aromatic nitrogens is 5. The maximum atomic E-state index is 12.2. The van der Waals surface area contributed by atoms with E-state index in [1.54, 1.807) is 18.2 Å². The largest absolute Gasteiger partial charge is 0.354 e. The number of carbonyl (C=O) groups excluding carboxylic acids is 1. The predicted octanol–water partition coefficient (Wildman–Crippen LogP) is 3.42. The number of anilines is 3. The topological polar surface area (TPSA) is 109 Å². The van der Waals surface area contributed by atoms with E-state index >= 15 is 0 Å². The Kier molecular flexibility index (Phi) is 6.76. The molecular formula is C16H18Cl2N8OS. The Bertz CT molecular complexity index is 996. The molecule has 148 valence electrons. The number of amides is 1. The van der Waals surface area contributed by atoms with Crippen LogP contribution in [0, 0.1) is 0 Å². The Morgan fingerprint density at radius 3 is 2.68 bits per heavy atom. The molecule has 2 aromatic heterocycles. The van der Waals surface area contributed by atoms with Crippen LogP contribution in [0.3, 0.4) is 0 Å². The number of carbonyl (C=O) groups is 1. The molecule has 1 amide bonds. The summed E-state index contributed by atoms with van der Waals surface area (Å²) in [4.78, 5) is 25.3. The maximum Gasteiger partial charge on any atom is 0.259 e. The number of fused-ring (bicyclic) bond motifs is 1. The van der Waals surface area contributed by atoms with Gasteiger partial charge >= 0.3 is 0 Å². The summed E-state index contributed by atoms with van der Waals surface area (Å²) in [5.41, 5.74) is 0.457. The summed E-state index contributed by atoms with van der Waals surface area (Å²) in [6, 6.07) is 5.05. The molecule has 0 aliphatic heterocycles.